The lowest BCUT2D eigenvalue weighted by Crippen LogP contribution is -2.56. The maximum atomic E-state index is 3.59. The van der Waals surface area contributed by atoms with Gasteiger partial charge in [-0.2, -0.15) is 0 Å². The molecule has 0 bridgehead atoms. The summed E-state index contributed by atoms with van der Waals surface area (Å²) in [6.07, 6.45) is 5.80. The van der Waals surface area contributed by atoms with Gasteiger partial charge >= 0.3 is 0 Å². The molecule has 2 unspecified atom stereocenters. The highest BCUT2D eigenvalue weighted by atomic mass is 15.2. The van der Waals surface area contributed by atoms with Crippen LogP contribution < -0.4 is 5.32 Å². The third-order valence-corrected chi connectivity index (χ3v) is 3.43. The third-order valence-electron chi connectivity index (χ3n) is 3.43. The highest BCUT2D eigenvalue weighted by Crippen LogP contribution is 2.24. The minimum atomic E-state index is 0.685. The second-order valence-electron chi connectivity index (χ2n) is 4.86. The maximum Gasteiger partial charge on any atom is 0.0169 e. The Hall–Kier alpha value is -0.0800. The molecule has 0 spiro atoms. The lowest BCUT2D eigenvalue weighted by molar-refractivity contribution is 0.125. The zero-order chi connectivity index (χ0) is 9.26. The van der Waals surface area contributed by atoms with E-state index in [9.17, 15) is 0 Å². The molecule has 2 aliphatic rings. The molecule has 0 aromatic rings. The van der Waals surface area contributed by atoms with E-state index in [1.807, 2.05) is 0 Å². The zero-order valence-electron chi connectivity index (χ0n) is 8.92. The van der Waals surface area contributed by atoms with Crippen molar-refractivity contribution in [1.29, 1.82) is 0 Å². The van der Waals surface area contributed by atoms with Crippen LogP contribution in [-0.2, 0) is 0 Å². The summed E-state index contributed by atoms with van der Waals surface area (Å²) in [5.41, 5.74) is 0. The molecule has 0 amide bonds. The summed E-state index contributed by atoms with van der Waals surface area (Å²) in [5.74, 6) is 0. The van der Waals surface area contributed by atoms with Crippen molar-refractivity contribution >= 4 is 0 Å². The minimum absolute atomic E-state index is 0.685. The standard InChI is InChI=1S/C11H22N2/c1-9-7-13(8-10(2)12-9)11-5-3-4-6-11/h9-12H,3-8H2,1-2H3. The highest BCUT2D eigenvalue weighted by molar-refractivity contribution is 4.87. The van der Waals surface area contributed by atoms with Gasteiger partial charge in [-0.3, -0.25) is 4.90 Å². The molecule has 2 atom stereocenters. The lowest BCUT2D eigenvalue weighted by Gasteiger charge is -2.39. The molecule has 76 valence electrons. The summed E-state index contributed by atoms with van der Waals surface area (Å²) in [6, 6.07) is 2.28. The van der Waals surface area contributed by atoms with Crippen LogP contribution in [0.2, 0.25) is 0 Å². The fourth-order valence-electron chi connectivity index (χ4n) is 2.94. The number of nitrogens with one attached hydrogen (secondary N) is 1. The monoisotopic (exact) mass is 182 g/mol. The van der Waals surface area contributed by atoms with Crippen LogP contribution >= 0.6 is 0 Å². The molecule has 1 saturated heterocycles. The third kappa shape index (κ3) is 2.23. The van der Waals surface area contributed by atoms with Crippen LogP contribution in [0.5, 0.6) is 0 Å². The highest BCUT2D eigenvalue weighted by Gasteiger charge is 2.28. The predicted molar refractivity (Wildman–Crippen MR) is 55.9 cm³/mol. The molecule has 1 N–H and O–H groups in total. The van der Waals surface area contributed by atoms with Gasteiger partial charge in [-0.05, 0) is 26.7 Å². The van der Waals surface area contributed by atoms with E-state index in [1.54, 1.807) is 0 Å². The molecular formula is C11H22N2. The number of hydrogen-bond acceptors (Lipinski definition) is 2. The normalized spacial score (nSPS) is 38.3. The first-order valence-electron chi connectivity index (χ1n) is 5.76. The molecule has 1 aliphatic carbocycles. The molecule has 1 heterocycles. The first kappa shape index (κ1) is 9.47. The number of nitrogens with zero attached hydrogens (tertiary/aromatic N) is 1. The second-order valence-corrected chi connectivity index (χ2v) is 4.86. The zero-order valence-corrected chi connectivity index (χ0v) is 8.92. The Labute approximate surface area is 81.7 Å². The average Bonchev–Trinajstić information content (AvgIpc) is 2.53. The molecule has 13 heavy (non-hydrogen) atoms. The van der Waals surface area contributed by atoms with E-state index in [4.69, 9.17) is 0 Å². The molecule has 1 saturated carbocycles. The largest absolute Gasteiger partial charge is 0.309 e. The molecule has 0 aromatic heterocycles. The lowest BCUT2D eigenvalue weighted by atomic mass is 10.1. The van der Waals surface area contributed by atoms with Gasteiger partial charge in [-0.25, -0.2) is 0 Å². The van der Waals surface area contributed by atoms with E-state index in [1.165, 1.54) is 38.8 Å². The maximum absolute atomic E-state index is 3.59. The van der Waals surface area contributed by atoms with Crippen LogP contribution in [0.3, 0.4) is 0 Å². The van der Waals surface area contributed by atoms with E-state index < -0.39 is 0 Å². The first-order chi connectivity index (χ1) is 6.25. The van der Waals surface area contributed by atoms with E-state index in [0.717, 1.165) is 6.04 Å². The van der Waals surface area contributed by atoms with Gasteiger partial charge in [0.2, 0.25) is 0 Å². The van der Waals surface area contributed by atoms with Crippen molar-refractivity contribution in [3.8, 4) is 0 Å². The quantitative estimate of drug-likeness (QED) is 0.663. The number of piperazine rings is 1. The van der Waals surface area contributed by atoms with Gasteiger partial charge in [-0.15, -0.1) is 0 Å². The van der Waals surface area contributed by atoms with Gasteiger partial charge in [0.1, 0.15) is 0 Å². The molecule has 0 aromatic carbocycles. The predicted octanol–water partition coefficient (Wildman–Crippen LogP) is 1.61. The Morgan fingerprint density at radius 1 is 1.00 bits per heavy atom. The summed E-state index contributed by atoms with van der Waals surface area (Å²) >= 11 is 0. The summed E-state index contributed by atoms with van der Waals surface area (Å²) in [4.78, 5) is 2.71. The fourth-order valence-corrected chi connectivity index (χ4v) is 2.94. The molecule has 2 fully saturated rings. The van der Waals surface area contributed by atoms with Crippen molar-refractivity contribution in [2.24, 2.45) is 0 Å². The summed E-state index contributed by atoms with van der Waals surface area (Å²) in [5, 5.41) is 3.59. The summed E-state index contributed by atoms with van der Waals surface area (Å²) in [7, 11) is 0. The minimum Gasteiger partial charge on any atom is -0.309 e. The van der Waals surface area contributed by atoms with Crippen LogP contribution in [0.15, 0.2) is 0 Å². The fraction of sp³-hybridized carbons (Fsp3) is 1.00. The first-order valence-corrected chi connectivity index (χ1v) is 5.76. The van der Waals surface area contributed by atoms with Crippen molar-refractivity contribution in [2.75, 3.05) is 13.1 Å². The molecular weight excluding hydrogens is 160 g/mol. The van der Waals surface area contributed by atoms with Gasteiger partial charge in [0, 0.05) is 31.2 Å². The van der Waals surface area contributed by atoms with Gasteiger partial charge < -0.3 is 5.32 Å². The summed E-state index contributed by atoms with van der Waals surface area (Å²) < 4.78 is 0. The van der Waals surface area contributed by atoms with E-state index in [-0.39, 0.29) is 0 Å². The van der Waals surface area contributed by atoms with Crippen LogP contribution in [0.4, 0.5) is 0 Å². The van der Waals surface area contributed by atoms with Crippen molar-refractivity contribution in [3.05, 3.63) is 0 Å². The van der Waals surface area contributed by atoms with Crippen LogP contribution in [0.1, 0.15) is 39.5 Å². The van der Waals surface area contributed by atoms with Crippen LogP contribution in [0.25, 0.3) is 0 Å². The molecule has 1 aliphatic heterocycles. The van der Waals surface area contributed by atoms with Crippen molar-refractivity contribution in [2.45, 2.75) is 57.7 Å². The van der Waals surface area contributed by atoms with Crippen molar-refractivity contribution in [1.82, 2.24) is 10.2 Å². The Morgan fingerprint density at radius 2 is 1.54 bits per heavy atom. The van der Waals surface area contributed by atoms with Gasteiger partial charge in [0.25, 0.3) is 0 Å². The van der Waals surface area contributed by atoms with E-state index in [0.29, 0.717) is 12.1 Å². The average molecular weight is 182 g/mol. The molecule has 2 rings (SSSR count). The van der Waals surface area contributed by atoms with Crippen molar-refractivity contribution < 1.29 is 0 Å². The van der Waals surface area contributed by atoms with E-state index in [2.05, 4.69) is 24.1 Å². The molecule has 2 heteroatoms. The van der Waals surface area contributed by atoms with E-state index >= 15 is 0 Å². The van der Waals surface area contributed by atoms with Crippen LogP contribution in [0, 0.1) is 0 Å². The Morgan fingerprint density at radius 3 is 2.08 bits per heavy atom. The second kappa shape index (κ2) is 3.97. The molecule has 2 nitrogen and oxygen atoms in total. The smallest absolute Gasteiger partial charge is 0.0169 e. The topological polar surface area (TPSA) is 15.3 Å². The Balaban J connectivity index is 1.90. The number of rotatable bonds is 1. The molecule has 0 radical (unpaired) electrons. The SMILES string of the molecule is CC1CN(C2CCCC2)CC(C)N1. The Kier molecular flexibility index (Phi) is 2.89. The Bertz CT molecular complexity index is 153. The van der Waals surface area contributed by atoms with Crippen LogP contribution in [-0.4, -0.2) is 36.1 Å². The van der Waals surface area contributed by atoms with Crippen molar-refractivity contribution in [3.63, 3.8) is 0 Å². The van der Waals surface area contributed by atoms with Gasteiger partial charge in [-0.1, -0.05) is 12.8 Å². The number of hydrogen-bond donors (Lipinski definition) is 1. The van der Waals surface area contributed by atoms with Gasteiger partial charge in [0.15, 0.2) is 0 Å². The van der Waals surface area contributed by atoms with Gasteiger partial charge in [0.05, 0.1) is 0 Å². The summed E-state index contributed by atoms with van der Waals surface area (Å²) in [6.45, 7) is 7.12.